The zero-order valence-electron chi connectivity index (χ0n) is 30.4. The van der Waals surface area contributed by atoms with Gasteiger partial charge in [0.15, 0.2) is 0 Å². The second kappa shape index (κ2) is 14.7. The molecule has 7 heteroatoms. The van der Waals surface area contributed by atoms with Gasteiger partial charge in [0.25, 0.3) is 11.8 Å². The molecule has 0 spiro atoms. The number of hydrogen-bond donors (Lipinski definition) is 1. The third-order valence-electron chi connectivity index (χ3n) is 11.0. The first-order chi connectivity index (χ1) is 24.0. The average molecular weight is 673 g/mol. The quantitative estimate of drug-likeness (QED) is 0.185. The molecule has 3 amide bonds. The molecule has 3 aliphatic heterocycles. The van der Waals surface area contributed by atoms with Crippen LogP contribution in [0.4, 0.5) is 11.4 Å². The first kappa shape index (κ1) is 35.2. The van der Waals surface area contributed by atoms with Gasteiger partial charge in [0.2, 0.25) is 5.91 Å². The van der Waals surface area contributed by atoms with Gasteiger partial charge in [0.1, 0.15) is 0 Å². The van der Waals surface area contributed by atoms with E-state index in [9.17, 15) is 14.4 Å². The van der Waals surface area contributed by atoms with E-state index < -0.39 is 0 Å². The van der Waals surface area contributed by atoms with Crippen molar-refractivity contribution < 1.29 is 14.4 Å². The van der Waals surface area contributed by atoms with Crippen molar-refractivity contribution in [2.45, 2.75) is 89.5 Å². The van der Waals surface area contributed by atoms with Crippen LogP contribution in [0.1, 0.15) is 83.8 Å². The maximum absolute atomic E-state index is 12.4. The summed E-state index contributed by atoms with van der Waals surface area (Å²) in [6, 6.07) is 17.8. The van der Waals surface area contributed by atoms with Gasteiger partial charge in [0, 0.05) is 73.2 Å². The fourth-order valence-electron chi connectivity index (χ4n) is 8.21. The highest BCUT2D eigenvalue weighted by Gasteiger charge is 2.42. The lowest BCUT2D eigenvalue weighted by Crippen LogP contribution is -2.40. The molecule has 3 heterocycles. The molecule has 0 saturated carbocycles. The Morgan fingerprint density at radius 1 is 0.860 bits per heavy atom. The van der Waals surface area contributed by atoms with Crippen LogP contribution in [0.2, 0.25) is 0 Å². The van der Waals surface area contributed by atoms with Gasteiger partial charge in [-0.3, -0.25) is 19.3 Å². The highest BCUT2D eigenvalue weighted by atomic mass is 16.2. The Morgan fingerprint density at radius 2 is 1.56 bits per heavy atom. The number of nitrogens with one attached hydrogen (secondary N) is 1. The summed E-state index contributed by atoms with van der Waals surface area (Å²) in [5, 5.41) is 2.85. The molecule has 2 aromatic rings. The first-order valence-electron chi connectivity index (χ1n) is 18.3. The Morgan fingerprint density at radius 3 is 2.30 bits per heavy atom. The van der Waals surface area contributed by atoms with Crippen LogP contribution in [-0.4, -0.2) is 55.3 Å². The fraction of sp³-hybridized carbons (Fsp3) is 0.419. The molecule has 7 nitrogen and oxygen atoms in total. The van der Waals surface area contributed by atoms with Gasteiger partial charge < -0.3 is 15.1 Å². The number of carbonyl (C=O) groups excluding carboxylic acids is 3. The lowest BCUT2D eigenvalue weighted by atomic mass is 9.80. The summed E-state index contributed by atoms with van der Waals surface area (Å²) in [5.41, 5.74) is 9.39. The minimum Gasteiger partial charge on any atom is -0.364 e. The molecule has 4 aliphatic rings. The molecule has 2 aromatic carbocycles. The number of amides is 3. The zero-order valence-corrected chi connectivity index (χ0v) is 30.4. The Kier molecular flexibility index (Phi) is 10.3. The van der Waals surface area contributed by atoms with Crippen molar-refractivity contribution in [1.82, 2.24) is 10.2 Å². The maximum atomic E-state index is 12.4. The number of allylic oxidation sites excluding steroid dienone is 7. The van der Waals surface area contributed by atoms with E-state index in [2.05, 4.69) is 129 Å². The Bertz CT molecular complexity index is 1770. The van der Waals surface area contributed by atoms with E-state index in [1.165, 1.54) is 51.5 Å². The second-order valence-electron chi connectivity index (χ2n) is 15.1. The molecular weight excluding hydrogens is 620 g/mol. The second-order valence-corrected chi connectivity index (χ2v) is 15.1. The Balaban J connectivity index is 1.07. The average Bonchev–Trinajstić information content (AvgIpc) is 3.61. The number of carbonyl (C=O) groups is 3. The molecule has 1 N–H and O–H groups in total. The molecule has 262 valence electrons. The maximum Gasteiger partial charge on any atom is 0.253 e. The van der Waals surface area contributed by atoms with Crippen molar-refractivity contribution in [3.05, 3.63) is 119 Å². The fourth-order valence-corrected chi connectivity index (χ4v) is 8.21. The predicted molar refractivity (Wildman–Crippen MR) is 203 cm³/mol. The van der Waals surface area contributed by atoms with Crippen LogP contribution < -0.4 is 15.1 Å². The van der Waals surface area contributed by atoms with E-state index in [4.69, 9.17) is 0 Å². The summed E-state index contributed by atoms with van der Waals surface area (Å²) in [7, 11) is 2.18. The summed E-state index contributed by atoms with van der Waals surface area (Å²) in [6.45, 7) is 10.8. The molecule has 0 aromatic heterocycles. The summed E-state index contributed by atoms with van der Waals surface area (Å²) >= 11 is 0. The number of anilines is 2. The summed E-state index contributed by atoms with van der Waals surface area (Å²) in [6.07, 6.45) is 20.9. The summed E-state index contributed by atoms with van der Waals surface area (Å²) in [5.74, 6) is -0.685. The third-order valence-corrected chi connectivity index (χ3v) is 11.0. The molecule has 50 heavy (non-hydrogen) atoms. The van der Waals surface area contributed by atoms with Crippen LogP contribution in [0.5, 0.6) is 0 Å². The van der Waals surface area contributed by atoms with E-state index in [1.807, 2.05) is 0 Å². The van der Waals surface area contributed by atoms with Gasteiger partial charge in [-0.1, -0.05) is 94.8 Å². The Labute approximate surface area is 298 Å². The normalized spacial score (nSPS) is 22.2. The third kappa shape index (κ3) is 7.14. The molecular formula is C43H52N4O3. The molecule has 0 saturated heterocycles. The molecule has 0 bridgehead atoms. The molecule has 1 aliphatic carbocycles. The smallest absolute Gasteiger partial charge is 0.253 e. The van der Waals surface area contributed by atoms with E-state index in [-0.39, 0.29) is 47.7 Å². The number of hydrogen-bond acceptors (Lipinski definition) is 5. The van der Waals surface area contributed by atoms with Gasteiger partial charge in [0.05, 0.1) is 6.04 Å². The number of fused-ring (bicyclic) bond motifs is 2. The van der Waals surface area contributed by atoms with Crippen molar-refractivity contribution in [3.8, 4) is 0 Å². The predicted octanol–water partition coefficient (Wildman–Crippen LogP) is 7.66. The van der Waals surface area contributed by atoms with Crippen LogP contribution in [0.25, 0.3) is 0 Å². The van der Waals surface area contributed by atoms with Gasteiger partial charge in [-0.05, 0) is 72.6 Å². The van der Waals surface area contributed by atoms with Gasteiger partial charge >= 0.3 is 0 Å². The highest BCUT2D eigenvalue weighted by Crippen LogP contribution is 2.47. The summed E-state index contributed by atoms with van der Waals surface area (Å²) in [4.78, 5) is 41.9. The molecule has 0 radical (unpaired) electrons. The minimum atomic E-state index is -0.321. The number of imide groups is 1. The van der Waals surface area contributed by atoms with Crippen LogP contribution in [0.15, 0.2) is 108 Å². The van der Waals surface area contributed by atoms with Crippen molar-refractivity contribution in [1.29, 1.82) is 0 Å². The number of unbranched alkanes of at least 4 members (excludes halogenated alkanes) is 2. The lowest BCUT2D eigenvalue weighted by Gasteiger charge is -2.32. The zero-order chi connectivity index (χ0) is 35.5. The number of rotatable bonds is 12. The number of para-hydroxylation sites is 2. The van der Waals surface area contributed by atoms with Crippen LogP contribution in [0.3, 0.4) is 0 Å². The monoisotopic (exact) mass is 672 g/mol. The molecule has 1 atom stereocenters. The topological polar surface area (TPSA) is 73.0 Å². The van der Waals surface area contributed by atoms with Crippen LogP contribution >= 0.6 is 0 Å². The highest BCUT2D eigenvalue weighted by molar-refractivity contribution is 6.12. The van der Waals surface area contributed by atoms with Gasteiger partial charge in [-0.25, -0.2) is 0 Å². The van der Waals surface area contributed by atoms with E-state index in [0.29, 0.717) is 6.42 Å². The number of likely N-dealkylation sites (N-methyl/N-ethyl adjacent to an activating group) is 1. The van der Waals surface area contributed by atoms with Crippen molar-refractivity contribution in [2.24, 2.45) is 0 Å². The van der Waals surface area contributed by atoms with Gasteiger partial charge in [-0.15, -0.1) is 0 Å². The van der Waals surface area contributed by atoms with E-state index >= 15 is 0 Å². The number of nitrogens with zero attached hydrogens (tertiary/aromatic N) is 3. The standard InChI is InChI=1S/C43H52N4O3/c1-42(2)33-16-8-10-18-35(33)45(5)37(42)23-21-31-14-13-15-32(30-31)22-24-38-43(3,4)34-17-9-11-19-36(34)46(38)28-12-6-7-20-39(48)44-27-29-47-40(49)25-26-41(47)50/h8-11,16-19,21-26,30,38H,6-7,12-15,20,27-29H2,1-5H3,(H,44,48). The van der Waals surface area contributed by atoms with Gasteiger partial charge in [-0.2, -0.15) is 0 Å². The Hall–Kier alpha value is -4.65. The molecule has 1 unspecified atom stereocenters. The summed E-state index contributed by atoms with van der Waals surface area (Å²) < 4.78 is 0. The SMILES string of the molecule is CN1C(=CC=C2C=C(C=CC3N(CCCCCC(=O)NCCN4C(=O)C=CC4=O)c4ccccc4C3(C)C)CCC2)C(C)(C)c2ccccc21. The van der Waals surface area contributed by atoms with Crippen LogP contribution in [0, 0.1) is 0 Å². The molecule has 6 rings (SSSR count). The van der Waals surface area contributed by atoms with Crippen molar-refractivity contribution >= 4 is 29.1 Å². The molecule has 0 fully saturated rings. The van der Waals surface area contributed by atoms with E-state index in [1.54, 1.807) is 0 Å². The van der Waals surface area contributed by atoms with Crippen molar-refractivity contribution in [2.75, 3.05) is 36.5 Å². The first-order valence-corrected chi connectivity index (χ1v) is 18.3. The minimum absolute atomic E-state index is 0.0288. The lowest BCUT2D eigenvalue weighted by molar-refractivity contribution is -0.137. The number of benzene rings is 2. The van der Waals surface area contributed by atoms with Crippen molar-refractivity contribution in [3.63, 3.8) is 0 Å². The van der Waals surface area contributed by atoms with Crippen LogP contribution in [-0.2, 0) is 25.2 Å². The largest absolute Gasteiger partial charge is 0.364 e. The van der Waals surface area contributed by atoms with E-state index in [0.717, 1.165) is 50.0 Å².